The molecule has 0 heterocycles. The second-order valence-corrected chi connectivity index (χ2v) is 6.26. The van der Waals surface area contributed by atoms with Crippen molar-refractivity contribution in [1.29, 1.82) is 0 Å². The van der Waals surface area contributed by atoms with Crippen LogP contribution in [-0.2, 0) is 0 Å². The van der Waals surface area contributed by atoms with Crippen LogP contribution >= 0.6 is 0 Å². The minimum absolute atomic E-state index is 0.0208. The van der Waals surface area contributed by atoms with Crippen molar-refractivity contribution in [3.8, 4) is 0 Å². The molecular formula is C17H21F5. The molecular weight excluding hydrogens is 299 g/mol. The van der Waals surface area contributed by atoms with Crippen LogP contribution in [0.5, 0.6) is 0 Å². The zero-order chi connectivity index (χ0) is 16.3. The molecule has 0 radical (unpaired) electrons. The smallest absolute Gasteiger partial charge is 0.207 e. The molecule has 0 nitrogen and oxygen atoms in total. The van der Waals surface area contributed by atoms with Crippen molar-refractivity contribution in [1.82, 2.24) is 0 Å². The normalized spacial score (nSPS) is 22.8. The lowest BCUT2D eigenvalue weighted by atomic mass is 9.77. The van der Waals surface area contributed by atoms with E-state index in [1.165, 1.54) is 6.92 Å². The molecule has 0 atom stereocenters. The average molecular weight is 320 g/mol. The van der Waals surface area contributed by atoms with Gasteiger partial charge in [-0.3, -0.25) is 0 Å². The summed E-state index contributed by atoms with van der Waals surface area (Å²) in [4.78, 5) is 0. The van der Waals surface area contributed by atoms with E-state index in [0.29, 0.717) is 24.8 Å². The lowest BCUT2D eigenvalue weighted by molar-refractivity contribution is -0.0184. The molecule has 0 bridgehead atoms. The molecule has 0 amide bonds. The quantitative estimate of drug-likeness (QED) is 0.447. The number of hydrogen-bond acceptors (Lipinski definition) is 0. The second-order valence-electron chi connectivity index (χ2n) is 6.26. The van der Waals surface area contributed by atoms with Crippen LogP contribution in [-0.4, -0.2) is 5.92 Å². The van der Waals surface area contributed by atoms with E-state index >= 15 is 0 Å². The maximum Gasteiger partial charge on any atom is 0.247 e. The van der Waals surface area contributed by atoms with Gasteiger partial charge in [-0.25, -0.2) is 22.0 Å². The second kappa shape index (κ2) is 6.97. The van der Waals surface area contributed by atoms with Crippen molar-refractivity contribution in [2.45, 2.75) is 63.7 Å². The number of hydrogen-bond donors (Lipinski definition) is 0. The Kier molecular flexibility index (Phi) is 5.45. The Morgan fingerprint density at radius 2 is 1.55 bits per heavy atom. The van der Waals surface area contributed by atoms with Gasteiger partial charge in [-0.2, -0.15) is 0 Å². The molecule has 1 aliphatic carbocycles. The summed E-state index contributed by atoms with van der Waals surface area (Å²) in [7, 11) is 0. The number of halogens is 5. The third-order valence-corrected chi connectivity index (χ3v) is 4.76. The Morgan fingerprint density at radius 1 is 1.00 bits per heavy atom. The van der Waals surface area contributed by atoms with Crippen molar-refractivity contribution in [2.75, 3.05) is 0 Å². The van der Waals surface area contributed by atoms with Crippen LogP contribution in [0.15, 0.2) is 12.1 Å². The molecule has 1 fully saturated rings. The van der Waals surface area contributed by atoms with Crippen LogP contribution in [0, 0.1) is 23.4 Å². The molecule has 2 rings (SSSR count). The zero-order valence-corrected chi connectivity index (χ0v) is 12.6. The van der Waals surface area contributed by atoms with Crippen molar-refractivity contribution in [2.24, 2.45) is 5.92 Å². The molecule has 0 aromatic heterocycles. The molecule has 0 aliphatic heterocycles. The Balaban J connectivity index is 1.90. The summed E-state index contributed by atoms with van der Waals surface area (Å²) in [6, 6.07) is 2.10. The van der Waals surface area contributed by atoms with Gasteiger partial charge < -0.3 is 0 Å². The number of alkyl halides is 2. The molecule has 1 aromatic rings. The van der Waals surface area contributed by atoms with Crippen molar-refractivity contribution in [3.05, 3.63) is 35.1 Å². The first kappa shape index (κ1) is 17.2. The van der Waals surface area contributed by atoms with Gasteiger partial charge in [0.05, 0.1) is 0 Å². The lowest BCUT2D eigenvalue weighted by Gasteiger charge is -2.29. The Bertz CT molecular complexity index is 481. The van der Waals surface area contributed by atoms with Gasteiger partial charge in [0.15, 0.2) is 17.5 Å². The molecule has 1 saturated carbocycles. The average Bonchev–Trinajstić information content (AvgIpc) is 2.51. The van der Waals surface area contributed by atoms with E-state index in [1.807, 2.05) is 0 Å². The van der Waals surface area contributed by atoms with E-state index in [-0.39, 0.29) is 24.7 Å². The third-order valence-electron chi connectivity index (χ3n) is 4.76. The van der Waals surface area contributed by atoms with Gasteiger partial charge in [0, 0.05) is 12.8 Å². The van der Waals surface area contributed by atoms with Crippen LogP contribution in [0.25, 0.3) is 0 Å². The van der Waals surface area contributed by atoms with E-state index in [9.17, 15) is 22.0 Å². The molecule has 0 spiro atoms. The fourth-order valence-electron chi connectivity index (χ4n) is 3.19. The topological polar surface area (TPSA) is 0 Å². The summed E-state index contributed by atoms with van der Waals surface area (Å²) in [5.41, 5.74) is 0.466. The highest BCUT2D eigenvalue weighted by Gasteiger charge is 2.29. The maximum atomic E-state index is 13.3. The maximum absolute atomic E-state index is 13.3. The minimum atomic E-state index is -2.60. The highest BCUT2D eigenvalue weighted by Crippen LogP contribution is 2.39. The van der Waals surface area contributed by atoms with Gasteiger partial charge >= 0.3 is 0 Å². The summed E-state index contributed by atoms with van der Waals surface area (Å²) in [5.74, 6) is -6.16. The standard InChI is InChI=1S/C17H21F5/c1-2-17(21,22)8-7-11-3-5-12(6-4-11)13-9-14(18)16(20)15(19)10-13/h9-12H,2-8H2,1H3/t11-,12-. The molecule has 124 valence electrons. The highest BCUT2D eigenvalue weighted by atomic mass is 19.3. The Hall–Kier alpha value is -1.13. The van der Waals surface area contributed by atoms with Crippen molar-refractivity contribution >= 4 is 0 Å². The predicted octanol–water partition coefficient (Wildman–Crippen LogP) is 6.20. The summed E-state index contributed by atoms with van der Waals surface area (Å²) < 4.78 is 66.0. The Morgan fingerprint density at radius 3 is 2.05 bits per heavy atom. The van der Waals surface area contributed by atoms with E-state index in [2.05, 4.69) is 0 Å². The van der Waals surface area contributed by atoms with Crippen LogP contribution in [0.1, 0.15) is 63.4 Å². The Labute approximate surface area is 127 Å². The van der Waals surface area contributed by atoms with Gasteiger partial charge in [-0.1, -0.05) is 6.92 Å². The SMILES string of the molecule is CCC(F)(F)CC[C@H]1CC[C@H](c2cc(F)c(F)c(F)c2)CC1. The van der Waals surface area contributed by atoms with Crippen LogP contribution in [0.3, 0.4) is 0 Å². The van der Waals surface area contributed by atoms with Gasteiger partial charge in [0.1, 0.15) is 0 Å². The summed E-state index contributed by atoms with van der Waals surface area (Å²) >= 11 is 0. The first-order valence-corrected chi connectivity index (χ1v) is 7.84. The lowest BCUT2D eigenvalue weighted by Crippen LogP contribution is -2.19. The first-order valence-electron chi connectivity index (χ1n) is 7.84. The number of benzene rings is 1. The van der Waals surface area contributed by atoms with Crippen molar-refractivity contribution in [3.63, 3.8) is 0 Å². The molecule has 1 aliphatic rings. The van der Waals surface area contributed by atoms with Crippen molar-refractivity contribution < 1.29 is 22.0 Å². The fourth-order valence-corrected chi connectivity index (χ4v) is 3.19. The van der Waals surface area contributed by atoms with Gasteiger partial charge in [0.2, 0.25) is 5.92 Å². The highest BCUT2D eigenvalue weighted by molar-refractivity contribution is 5.23. The van der Waals surface area contributed by atoms with Gasteiger partial charge in [-0.15, -0.1) is 0 Å². The van der Waals surface area contributed by atoms with Gasteiger partial charge in [-0.05, 0) is 61.6 Å². The fraction of sp³-hybridized carbons (Fsp3) is 0.647. The summed E-state index contributed by atoms with van der Waals surface area (Å²) in [6.07, 6.45) is 3.19. The summed E-state index contributed by atoms with van der Waals surface area (Å²) in [5, 5.41) is 0. The molecule has 5 heteroatoms. The predicted molar refractivity (Wildman–Crippen MR) is 75.5 cm³/mol. The zero-order valence-electron chi connectivity index (χ0n) is 12.6. The molecule has 0 N–H and O–H groups in total. The van der Waals surface area contributed by atoms with E-state index in [1.54, 1.807) is 0 Å². The van der Waals surface area contributed by atoms with Crippen LogP contribution in [0.4, 0.5) is 22.0 Å². The van der Waals surface area contributed by atoms with Crippen LogP contribution < -0.4 is 0 Å². The van der Waals surface area contributed by atoms with E-state index < -0.39 is 23.4 Å². The van der Waals surface area contributed by atoms with Gasteiger partial charge in [0.25, 0.3) is 0 Å². The summed E-state index contributed by atoms with van der Waals surface area (Å²) in [6.45, 7) is 1.48. The largest absolute Gasteiger partial charge is 0.247 e. The molecule has 1 aromatic carbocycles. The van der Waals surface area contributed by atoms with Crippen LogP contribution in [0.2, 0.25) is 0 Å². The molecule has 22 heavy (non-hydrogen) atoms. The van der Waals surface area contributed by atoms with E-state index in [4.69, 9.17) is 0 Å². The van der Waals surface area contributed by atoms with E-state index in [0.717, 1.165) is 25.0 Å². The number of rotatable bonds is 5. The first-order chi connectivity index (χ1) is 10.3. The monoisotopic (exact) mass is 320 g/mol. The third kappa shape index (κ3) is 4.20. The molecule has 0 saturated heterocycles. The minimum Gasteiger partial charge on any atom is -0.207 e. The molecule has 0 unspecified atom stereocenters.